The van der Waals surface area contributed by atoms with Crippen LogP contribution >= 0.6 is 27.5 Å². The largest absolute Gasteiger partial charge is 0.487 e. The third-order valence-electron chi connectivity index (χ3n) is 2.77. The van der Waals surface area contributed by atoms with E-state index in [2.05, 4.69) is 15.9 Å². The lowest BCUT2D eigenvalue weighted by molar-refractivity contribution is 0.289. The van der Waals surface area contributed by atoms with Crippen molar-refractivity contribution in [3.05, 3.63) is 62.6 Å². The van der Waals surface area contributed by atoms with Crippen molar-refractivity contribution in [3.8, 4) is 5.75 Å². The third-order valence-corrected chi connectivity index (χ3v) is 3.68. The van der Waals surface area contributed by atoms with E-state index in [4.69, 9.17) is 22.1 Å². The van der Waals surface area contributed by atoms with E-state index >= 15 is 0 Å². The molecule has 20 heavy (non-hydrogen) atoms. The molecule has 0 saturated heterocycles. The quantitative estimate of drug-likeness (QED) is 0.817. The minimum Gasteiger partial charge on any atom is -0.487 e. The molecule has 0 fully saturated rings. The van der Waals surface area contributed by atoms with E-state index in [0.717, 1.165) is 0 Å². The lowest BCUT2D eigenvalue weighted by Gasteiger charge is -2.13. The molecule has 0 bridgehead atoms. The first kappa shape index (κ1) is 15.2. The molecule has 0 aliphatic rings. The fourth-order valence-corrected chi connectivity index (χ4v) is 2.34. The van der Waals surface area contributed by atoms with Crippen LogP contribution in [0.25, 0.3) is 0 Å². The zero-order valence-electron chi connectivity index (χ0n) is 10.3. The van der Waals surface area contributed by atoms with Crippen molar-refractivity contribution in [3.63, 3.8) is 0 Å². The Labute approximate surface area is 128 Å². The van der Waals surface area contributed by atoms with Gasteiger partial charge >= 0.3 is 0 Å². The summed E-state index contributed by atoms with van der Waals surface area (Å²) in [6.45, 7) is -0.0484. The maximum atomic E-state index is 13.8. The highest BCUT2D eigenvalue weighted by Gasteiger charge is 2.15. The molecule has 106 valence electrons. The van der Waals surface area contributed by atoms with Crippen LogP contribution in [-0.4, -0.2) is 0 Å². The monoisotopic (exact) mass is 361 g/mol. The summed E-state index contributed by atoms with van der Waals surface area (Å²) in [4.78, 5) is 0. The van der Waals surface area contributed by atoms with E-state index in [0.29, 0.717) is 16.3 Å². The lowest BCUT2D eigenvalue weighted by atomic mass is 10.2. The fourth-order valence-electron chi connectivity index (χ4n) is 1.72. The summed E-state index contributed by atoms with van der Waals surface area (Å²) in [5.74, 6) is -1.02. The van der Waals surface area contributed by atoms with Gasteiger partial charge in [0.25, 0.3) is 0 Å². The van der Waals surface area contributed by atoms with Gasteiger partial charge in [0.2, 0.25) is 0 Å². The maximum Gasteiger partial charge on any atom is 0.146 e. The van der Waals surface area contributed by atoms with Crippen LogP contribution in [0, 0.1) is 11.6 Å². The van der Waals surface area contributed by atoms with Crippen LogP contribution in [0.3, 0.4) is 0 Å². The molecule has 0 radical (unpaired) electrons. The number of nitrogens with two attached hydrogens (primary N) is 1. The first-order chi connectivity index (χ1) is 9.54. The number of para-hydroxylation sites is 1. The molecular weight excluding hydrogens is 352 g/mol. The Balaban J connectivity index is 2.28. The smallest absolute Gasteiger partial charge is 0.146 e. The van der Waals surface area contributed by atoms with E-state index in [1.54, 1.807) is 18.2 Å². The first-order valence-electron chi connectivity index (χ1n) is 5.77. The minimum absolute atomic E-state index is 0.165. The fraction of sp³-hybridized carbons (Fsp3) is 0.143. The van der Waals surface area contributed by atoms with Gasteiger partial charge in [0.15, 0.2) is 0 Å². The van der Waals surface area contributed by atoms with Gasteiger partial charge in [-0.25, -0.2) is 8.78 Å². The van der Waals surface area contributed by atoms with Gasteiger partial charge < -0.3 is 10.5 Å². The normalized spacial score (nSPS) is 10.7. The van der Waals surface area contributed by atoms with Crippen molar-refractivity contribution in [2.45, 2.75) is 13.2 Å². The number of rotatable bonds is 4. The van der Waals surface area contributed by atoms with Gasteiger partial charge in [-0.15, -0.1) is 0 Å². The predicted octanol–water partition coefficient (Wildman–Crippen LogP) is 4.42. The summed E-state index contributed by atoms with van der Waals surface area (Å²) in [6.07, 6.45) is 0. The van der Waals surface area contributed by atoms with Crippen LogP contribution in [0.5, 0.6) is 5.75 Å². The second-order valence-electron chi connectivity index (χ2n) is 4.04. The van der Waals surface area contributed by atoms with Gasteiger partial charge in [-0.2, -0.15) is 0 Å². The van der Waals surface area contributed by atoms with Crippen molar-refractivity contribution in [1.29, 1.82) is 0 Å². The Morgan fingerprint density at radius 2 is 1.95 bits per heavy atom. The zero-order valence-corrected chi connectivity index (χ0v) is 12.6. The lowest BCUT2D eigenvalue weighted by Crippen LogP contribution is -2.06. The molecule has 0 saturated carbocycles. The van der Waals surface area contributed by atoms with E-state index in [1.165, 1.54) is 12.1 Å². The SMILES string of the molecule is NCc1cccc(Cl)c1OCc1c(F)ccc(Br)c1F. The summed E-state index contributed by atoms with van der Waals surface area (Å²) in [5, 5.41) is 0.351. The topological polar surface area (TPSA) is 35.2 Å². The molecular formula is C14H11BrClF2NO. The van der Waals surface area contributed by atoms with Gasteiger partial charge in [-0.05, 0) is 34.1 Å². The van der Waals surface area contributed by atoms with Crippen molar-refractivity contribution < 1.29 is 13.5 Å². The molecule has 0 spiro atoms. The van der Waals surface area contributed by atoms with Crippen LogP contribution < -0.4 is 10.5 Å². The molecule has 2 N–H and O–H groups in total. The Hall–Kier alpha value is -1.17. The summed E-state index contributed by atoms with van der Waals surface area (Å²) >= 11 is 9.01. The van der Waals surface area contributed by atoms with Crippen molar-refractivity contribution in [2.75, 3.05) is 0 Å². The maximum absolute atomic E-state index is 13.8. The Morgan fingerprint density at radius 1 is 1.20 bits per heavy atom. The Bertz CT molecular complexity index is 637. The summed E-state index contributed by atoms with van der Waals surface area (Å²) < 4.78 is 33.1. The van der Waals surface area contributed by atoms with Crippen molar-refractivity contribution >= 4 is 27.5 Å². The van der Waals surface area contributed by atoms with Gasteiger partial charge in [-0.3, -0.25) is 0 Å². The second kappa shape index (κ2) is 6.52. The molecule has 0 aliphatic carbocycles. The minimum atomic E-state index is -0.689. The second-order valence-corrected chi connectivity index (χ2v) is 5.30. The summed E-state index contributed by atoms with van der Waals surface area (Å²) in [6, 6.07) is 7.58. The zero-order chi connectivity index (χ0) is 14.7. The van der Waals surface area contributed by atoms with Gasteiger partial charge in [-0.1, -0.05) is 23.7 Å². The van der Waals surface area contributed by atoms with E-state index in [1.807, 2.05) is 0 Å². The van der Waals surface area contributed by atoms with Gasteiger partial charge in [0.1, 0.15) is 24.0 Å². The Kier molecular flexibility index (Phi) is 4.96. The molecule has 6 heteroatoms. The van der Waals surface area contributed by atoms with Crippen LogP contribution in [0.15, 0.2) is 34.8 Å². The number of benzene rings is 2. The van der Waals surface area contributed by atoms with E-state index < -0.39 is 11.6 Å². The molecule has 0 aromatic heterocycles. The molecule has 2 nitrogen and oxygen atoms in total. The first-order valence-corrected chi connectivity index (χ1v) is 6.94. The average molecular weight is 363 g/mol. The van der Waals surface area contributed by atoms with Gasteiger partial charge in [0, 0.05) is 12.1 Å². The number of hydrogen-bond acceptors (Lipinski definition) is 2. The standard InChI is InChI=1S/C14H11BrClF2NO/c15-10-4-5-12(17)9(13(10)18)7-20-14-8(6-19)2-1-3-11(14)16/h1-5H,6-7,19H2. The van der Waals surface area contributed by atoms with Crippen LogP contribution in [0.1, 0.15) is 11.1 Å². The molecule has 0 aliphatic heterocycles. The van der Waals surface area contributed by atoms with Gasteiger partial charge in [0.05, 0.1) is 15.1 Å². The van der Waals surface area contributed by atoms with Crippen LogP contribution in [0.4, 0.5) is 8.78 Å². The van der Waals surface area contributed by atoms with Crippen molar-refractivity contribution in [1.82, 2.24) is 0 Å². The highest BCUT2D eigenvalue weighted by Crippen LogP contribution is 2.30. The molecule has 2 aromatic carbocycles. The number of hydrogen-bond donors (Lipinski definition) is 1. The molecule has 2 rings (SSSR count). The predicted molar refractivity (Wildman–Crippen MR) is 77.7 cm³/mol. The molecule has 0 heterocycles. The summed E-state index contributed by atoms with van der Waals surface area (Å²) in [5.41, 5.74) is 6.09. The average Bonchev–Trinajstić information content (AvgIpc) is 2.44. The molecule has 0 atom stereocenters. The molecule has 2 aromatic rings. The molecule has 0 unspecified atom stereocenters. The van der Waals surface area contributed by atoms with E-state index in [-0.39, 0.29) is 23.2 Å². The molecule has 0 amide bonds. The highest BCUT2D eigenvalue weighted by molar-refractivity contribution is 9.10. The number of halogens is 4. The number of ether oxygens (including phenoxy) is 1. The van der Waals surface area contributed by atoms with E-state index in [9.17, 15) is 8.78 Å². The highest BCUT2D eigenvalue weighted by atomic mass is 79.9. The van der Waals surface area contributed by atoms with Crippen LogP contribution in [0.2, 0.25) is 5.02 Å². The van der Waals surface area contributed by atoms with Crippen LogP contribution in [-0.2, 0) is 13.2 Å². The summed E-state index contributed by atoms with van der Waals surface area (Å²) in [7, 11) is 0. The van der Waals surface area contributed by atoms with Crippen molar-refractivity contribution in [2.24, 2.45) is 5.73 Å². The Morgan fingerprint density at radius 3 is 2.65 bits per heavy atom. The third kappa shape index (κ3) is 3.11.